The van der Waals surface area contributed by atoms with Crippen molar-refractivity contribution in [2.24, 2.45) is 5.92 Å². The molecule has 0 saturated heterocycles. The minimum absolute atomic E-state index is 0.149. The zero-order valence-corrected chi connectivity index (χ0v) is 18.5. The molecule has 11 heteroatoms. The van der Waals surface area contributed by atoms with Crippen LogP contribution in [0.4, 0.5) is 24.5 Å². The minimum atomic E-state index is -4.68. The Kier molecular flexibility index (Phi) is 7.89. The predicted molar refractivity (Wildman–Crippen MR) is 116 cm³/mol. The van der Waals surface area contributed by atoms with Crippen molar-refractivity contribution in [3.8, 4) is 0 Å². The van der Waals surface area contributed by atoms with Crippen LogP contribution < -0.4 is 14.9 Å². The van der Waals surface area contributed by atoms with Gasteiger partial charge in [0.1, 0.15) is 6.54 Å². The molecular weight excluding hydrogens is 447 g/mol. The van der Waals surface area contributed by atoms with Crippen molar-refractivity contribution in [1.82, 2.24) is 5.32 Å². The van der Waals surface area contributed by atoms with Crippen LogP contribution in [0.1, 0.15) is 29.8 Å². The highest BCUT2D eigenvalue weighted by molar-refractivity contribution is 7.92. The van der Waals surface area contributed by atoms with Crippen LogP contribution in [-0.2, 0) is 21.0 Å². The number of rotatable bonds is 8. The molecule has 0 aliphatic rings. The van der Waals surface area contributed by atoms with Crippen LogP contribution in [0.3, 0.4) is 0 Å². The average Bonchev–Trinajstić information content (AvgIpc) is 2.69. The van der Waals surface area contributed by atoms with E-state index in [4.69, 9.17) is 0 Å². The Bertz CT molecular complexity index is 1090. The van der Waals surface area contributed by atoms with Crippen LogP contribution in [0.5, 0.6) is 0 Å². The summed E-state index contributed by atoms with van der Waals surface area (Å²) in [4.78, 5) is 25.0. The SMILES string of the molecule is CC(C)CNC(=O)c1ccccc1NC(=O)CN(c1cccc(C(F)(F)F)c1)S(C)(=O)=O. The topological polar surface area (TPSA) is 95.6 Å². The number of anilines is 2. The molecule has 0 aliphatic heterocycles. The van der Waals surface area contributed by atoms with Crippen LogP contribution >= 0.6 is 0 Å². The summed E-state index contributed by atoms with van der Waals surface area (Å²) in [5, 5.41) is 5.19. The molecule has 2 amide bonds. The number of carbonyl (C=O) groups excluding carboxylic acids is 2. The second-order valence-electron chi connectivity index (χ2n) is 7.52. The van der Waals surface area contributed by atoms with Gasteiger partial charge in [-0.25, -0.2) is 8.42 Å². The molecule has 0 unspecified atom stereocenters. The van der Waals surface area contributed by atoms with Crippen molar-refractivity contribution in [2.75, 3.05) is 29.0 Å². The molecule has 0 fully saturated rings. The molecule has 174 valence electrons. The van der Waals surface area contributed by atoms with E-state index >= 15 is 0 Å². The van der Waals surface area contributed by atoms with Crippen LogP contribution in [-0.4, -0.2) is 39.6 Å². The highest BCUT2D eigenvalue weighted by atomic mass is 32.2. The monoisotopic (exact) mass is 471 g/mol. The predicted octanol–water partition coefficient (Wildman–Crippen LogP) is 3.50. The first-order valence-corrected chi connectivity index (χ1v) is 11.5. The molecule has 2 aromatic rings. The van der Waals surface area contributed by atoms with Gasteiger partial charge in [0.15, 0.2) is 0 Å². The summed E-state index contributed by atoms with van der Waals surface area (Å²) in [5.74, 6) is -1.04. The fraction of sp³-hybridized carbons (Fsp3) is 0.333. The smallest absolute Gasteiger partial charge is 0.352 e. The summed E-state index contributed by atoms with van der Waals surface area (Å²) in [6.07, 6.45) is -3.89. The lowest BCUT2D eigenvalue weighted by molar-refractivity contribution is -0.137. The number of nitrogens with one attached hydrogen (secondary N) is 2. The standard InChI is InChI=1S/C21H24F3N3O4S/c1-14(2)12-25-20(29)17-9-4-5-10-18(17)26-19(28)13-27(32(3,30)31)16-8-6-7-15(11-16)21(22,23)24/h4-11,14H,12-13H2,1-3H3,(H,25,29)(H,26,28). The number of nitrogens with zero attached hydrogens (tertiary/aromatic N) is 1. The van der Waals surface area contributed by atoms with Crippen LogP contribution in [0.25, 0.3) is 0 Å². The van der Waals surface area contributed by atoms with Crippen molar-refractivity contribution >= 4 is 33.2 Å². The van der Waals surface area contributed by atoms with Gasteiger partial charge in [-0.2, -0.15) is 13.2 Å². The number of benzene rings is 2. The zero-order chi connectivity index (χ0) is 24.1. The summed E-state index contributed by atoms with van der Waals surface area (Å²) < 4.78 is 64.1. The first kappa shape index (κ1) is 25.2. The van der Waals surface area contributed by atoms with Gasteiger partial charge in [-0.1, -0.05) is 32.0 Å². The Labute approximate surface area is 184 Å². The van der Waals surface area contributed by atoms with E-state index in [2.05, 4.69) is 10.6 Å². The third-order valence-electron chi connectivity index (χ3n) is 4.27. The molecule has 0 radical (unpaired) electrons. The van der Waals surface area contributed by atoms with Crippen LogP contribution in [0.15, 0.2) is 48.5 Å². The molecule has 0 atom stereocenters. The summed E-state index contributed by atoms with van der Waals surface area (Å²) in [6.45, 7) is 3.48. The molecule has 0 saturated carbocycles. The largest absolute Gasteiger partial charge is 0.416 e. The van der Waals surface area contributed by atoms with E-state index < -0.39 is 40.1 Å². The van der Waals surface area contributed by atoms with E-state index in [1.165, 1.54) is 12.1 Å². The second-order valence-corrected chi connectivity index (χ2v) is 9.42. The minimum Gasteiger partial charge on any atom is -0.352 e. The number of halogens is 3. The molecular formula is C21H24F3N3O4S. The summed E-state index contributed by atoms with van der Waals surface area (Å²) in [7, 11) is -4.09. The number of amides is 2. The van der Waals surface area contributed by atoms with Gasteiger partial charge in [-0.15, -0.1) is 0 Å². The summed E-state index contributed by atoms with van der Waals surface area (Å²) >= 11 is 0. The Morgan fingerprint density at radius 3 is 2.31 bits per heavy atom. The van der Waals surface area contributed by atoms with E-state index in [9.17, 15) is 31.2 Å². The lowest BCUT2D eigenvalue weighted by Gasteiger charge is -2.23. The molecule has 32 heavy (non-hydrogen) atoms. The van der Waals surface area contributed by atoms with Gasteiger partial charge in [0.2, 0.25) is 15.9 Å². The zero-order valence-electron chi connectivity index (χ0n) is 17.7. The maximum absolute atomic E-state index is 13.0. The van der Waals surface area contributed by atoms with Crippen molar-refractivity contribution in [3.63, 3.8) is 0 Å². The van der Waals surface area contributed by atoms with Gasteiger partial charge >= 0.3 is 6.18 Å². The number of para-hydroxylation sites is 1. The molecule has 2 N–H and O–H groups in total. The fourth-order valence-electron chi connectivity index (χ4n) is 2.74. The lowest BCUT2D eigenvalue weighted by atomic mass is 10.1. The highest BCUT2D eigenvalue weighted by Gasteiger charge is 2.32. The van der Waals surface area contributed by atoms with Gasteiger partial charge in [0, 0.05) is 6.54 Å². The number of hydrogen-bond donors (Lipinski definition) is 2. The van der Waals surface area contributed by atoms with Crippen LogP contribution in [0.2, 0.25) is 0 Å². The quantitative estimate of drug-likeness (QED) is 0.616. The molecule has 2 rings (SSSR count). The van der Waals surface area contributed by atoms with Gasteiger partial charge in [-0.05, 0) is 36.2 Å². The van der Waals surface area contributed by atoms with E-state index in [0.29, 0.717) is 16.9 Å². The molecule has 0 aromatic heterocycles. The Balaban J connectivity index is 2.26. The fourth-order valence-corrected chi connectivity index (χ4v) is 3.59. The third kappa shape index (κ3) is 6.98. The van der Waals surface area contributed by atoms with Gasteiger partial charge < -0.3 is 10.6 Å². The highest BCUT2D eigenvalue weighted by Crippen LogP contribution is 2.32. The lowest BCUT2D eigenvalue weighted by Crippen LogP contribution is -2.38. The Morgan fingerprint density at radius 1 is 1.06 bits per heavy atom. The van der Waals surface area contributed by atoms with Crippen LogP contribution in [0, 0.1) is 5.92 Å². The number of alkyl halides is 3. The van der Waals surface area contributed by atoms with Gasteiger partial charge in [-0.3, -0.25) is 13.9 Å². The molecule has 2 aromatic carbocycles. The number of hydrogen-bond acceptors (Lipinski definition) is 4. The number of carbonyl (C=O) groups is 2. The van der Waals surface area contributed by atoms with E-state index in [-0.39, 0.29) is 22.9 Å². The van der Waals surface area contributed by atoms with Gasteiger partial charge in [0.25, 0.3) is 5.91 Å². The van der Waals surface area contributed by atoms with E-state index in [1.807, 2.05) is 13.8 Å². The maximum Gasteiger partial charge on any atom is 0.416 e. The maximum atomic E-state index is 13.0. The summed E-state index contributed by atoms with van der Waals surface area (Å²) in [6, 6.07) is 9.82. The summed E-state index contributed by atoms with van der Waals surface area (Å²) in [5.41, 5.74) is -1.03. The molecule has 0 bridgehead atoms. The average molecular weight is 472 g/mol. The normalized spacial score (nSPS) is 11.8. The van der Waals surface area contributed by atoms with Crippen molar-refractivity contribution in [2.45, 2.75) is 20.0 Å². The van der Waals surface area contributed by atoms with Crippen molar-refractivity contribution < 1.29 is 31.2 Å². The van der Waals surface area contributed by atoms with E-state index in [1.54, 1.807) is 12.1 Å². The Morgan fingerprint density at radius 2 is 1.72 bits per heavy atom. The number of sulfonamides is 1. The molecule has 0 aliphatic carbocycles. The van der Waals surface area contributed by atoms with Gasteiger partial charge in [0.05, 0.1) is 28.8 Å². The Hall–Kier alpha value is -3.08. The third-order valence-corrected chi connectivity index (χ3v) is 5.41. The molecule has 7 nitrogen and oxygen atoms in total. The van der Waals surface area contributed by atoms with Crippen molar-refractivity contribution in [1.29, 1.82) is 0 Å². The molecule has 0 heterocycles. The first-order valence-electron chi connectivity index (χ1n) is 9.61. The van der Waals surface area contributed by atoms with Crippen molar-refractivity contribution in [3.05, 3.63) is 59.7 Å². The first-order chi connectivity index (χ1) is 14.8. The van der Waals surface area contributed by atoms with E-state index in [0.717, 1.165) is 24.5 Å². The second kappa shape index (κ2) is 10.0. The molecule has 0 spiro atoms.